The van der Waals surface area contributed by atoms with Crippen LogP contribution in [0.4, 0.5) is 0 Å². The van der Waals surface area contributed by atoms with Gasteiger partial charge in [0.15, 0.2) is 12.4 Å². The smallest absolute Gasteiger partial charge is 0.355 e. The highest BCUT2D eigenvalue weighted by Gasteiger charge is 2.23. The molecule has 0 unspecified atom stereocenters. The number of carbonyl (C=O) groups is 3. The summed E-state index contributed by atoms with van der Waals surface area (Å²) in [6, 6.07) is 5.98. The van der Waals surface area contributed by atoms with E-state index in [1.807, 2.05) is 26.0 Å². The Morgan fingerprint density at radius 2 is 1.90 bits per heavy atom. The lowest BCUT2D eigenvalue weighted by molar-refractivity contribution is 0.0468. The first-order valence-electron chi connectivity index (χ1n) is 9.80. The van der Waals surface area contributed by atoms with Crippen LogP contribution in [0.15, 0.2) is 23.6 Å². The SMILES string of the molecule is CC(=O)c1c(C)[nH]c(C(=O)OCC(=O)c2cc(C)n(CCc3cccs3)c2C)c1C. The van der Waals surface area contributed by atoms with Gasteiger partial charge in [0.25, 0.3) is 0 Å². The molecule has 0 spiro atoms. The Hall–Kier alpha value is -2.93. The number of aryl methyl sites for hydroxylation is 3. The van der Waals surface area contributed by atoms with Crippen LogP contribution >= 0.6 is 11.3 Å². The van der Waals surface area contributed by atoms with E-state index in [0.717, 1.165) is 24.4 Å². The average molecular weight is 427 g/mol. The normalized spacial score (nSPS) is 11.0. The number of H-pyrrole nitrogens is 1. The molecule has 0 aliphatic carbocycles. The van der Waals surface area contributed by atoms with E-state index in [1.54, 1.807) is 25.2 Å². The third-order valence-corrected chi connectivity index (χ3v) is 6.30. The van der Waals surface area contributed by atoms with E-state index in [4.69, 9.17) is 4.74 Å². The van der Waals surface area contributed by atoms with Crippen molar-refractivity contribution in [1.82, 2.24) is 9.55 Å². The van der Waals surface area contributed by atoms with Crippen LogP contribution in [0.1, 0.15) is 65.7 Å². The molecule has 0 radical (unpaired) electrons. The molecule has 6 nitrogen and oxygen atoms in total. The van der Waals surface area contributed by atoms with Crippen LogP contribution in [-0.4, -0.2) is 33.7 Å². The van der Waals surface area contributed by atoms with E-state index < -0.39 is 5.97 Å². The number of aromatic amines is 1. The summed E-state index contributed by atoms with van der Waals surface area (Å²) in [6.45, 7) is 9.21. The highest BCUT2D eigenvalue weighted by atomic mass is 32.1. The second kappa shape index (κ2) is 8.83. The van der Waals surface area contributed by atoms with Crippen LogP contribution in [0.25, 0.3) is 0 Å². The van der Waals surface area contributed by atoms with Crippen molar-refractivity contribution in [1.29, 1.82) is 0 Å². The van der Waals surface area contributed by atoms with Gasteiger partial charge in [-0.3, -0.25) is 9.59 Å². The predicted octanol–water partition coefficient (Wildman–Crippen LogP) is 4.60. The largest absolute Gasteiger partial charge is 0.453 e. The van der Waals surface area contributed by atoms with Crippen LogP contribution < -0.4 is 0 Å². The second-order valence-electron chi connectivity index (χ2n) is 7.45. The van der Waals surface area contributed by atoms with Crippen molar-refractivity contribution in [2.75, 3.05) is 6.61 Å². The molecule has 0 amide bonds. The van der Waals surface area contributed by atoms with Crippen molar-refractivity contribution >= 4 is 28.9 Å². The van der Waals surface area contributed by atoms with E-state index in [1.165, 1.54) is 11.8 Å². The highest BCUT2D eigenvalue weighted by Crippen LogP contribution is 2.21. The summed E-state index contributed by atoms with van der Waals surface area (Å²) in [6.07, 6.45) is 0.903. The molecule has 1 N–H and O–H groups in total. The van der Waals surface area contributed by atoms with Gasteiger partial charge in [-0.25, -0.2) is 4.79 Å². The quantitative estimate of drug-likeness (QED) is 0.422. The summed E-state index contributed by atoms with van der Waals surface area (Å²) in [5, 5.41) is 2.06. The molecule has 0 saturated carbocycles. The first-order valence-corrected chi connectivity index (χ1v) is 10.7. The first kappa shape index (κ1) is 21.8. The first-order chi connectivity index (χ1) is 14.2. The Morgan fingerprint density at radius 3 is 2.50 bits per heavy atom. The third-order valence-electron chi connectivity index (χ3n) is 5.36. The Bertz CT molecular complexity index is 1100. The minimum atomic E-state index is -0.636. The van der Waals surface area contributed by atoms with Crippen LogP contribution in [0.2, 0.25) is 0 Å². The van der Waals surface area contributed by atoms with Gasteiger partial charge in [0, 0.05) is 39.6 Å². The third kappa shape index (κ3) is 4.31. The number of carbonyl (C=O) groups excluding carboxylic acids is 3. The molecule has 0 bridgehead atoms. The topological polar surface area (TPSA) is 81.2 Å². The van der Waals surface area contributed by atoms with E-state index in [2.05, 4.69) is 21.0 Å². The molecule has 7 heteroatoms. The number of nitrogens with one attached hydrogen (secondary N) is 1. The molecule has 0 aromatic carbocycles. The van der Waals surface area contributed by atoms with E-state index in [0.29, 0.717) is 22.4 Å². The molecule has 0 aliphatic heterocycles. The molecular formula is C23H26N2O4S. The van der Waals surface area contributed by atoms with Crippen LogP contribution in [-0.2, 0) is 17.7 Å². The monoisotopic (exact) mass is 426 g/mol. The lowest BCUT2D eigenvalue weighted by Gasteiger charge is -2.09. The van der Waals surface area contributed by atoms with Gasteiger partial charge in [-0.1, -0.05) is 6.07 Å². The summed E-state index contributed by atoms with van der Waals surface area (Å²) < 4.78 is 7.38. The number of nitrogens with zero attached hydrogens (tertiary/aromatic N) is 1. The molecule has 3 aromatic rings. The second-order valence-corrected chi connectivity index (χ2v) is 8.48. The number of thiophene rings is 1. The number of Topliss-reactive ketones (excluding diaryl/α,β-unsaturated/α-hetero) is 2. The molecule has 3 aromatic heterocycles. The molecule has 30 heavy (non-hydrogen) atoms. The zero-order valence-electron chi connectivity index (χ0n) is 17.9. The molecule has 0 fully saturated rings. The number of ketones is 2. The molecule has 3 heterocycles. The molecule has 0 aliphatic rings. The Kier molecular flexibility index (Phi) is 6.41. The fourth-order valence-electron chi connectivity index (χ4n) is 3.87. The van der Waals surface area contributed by atoms with Gasteiger partial charge in [-0.2, -0.15) is 0 Å². The van der Waals surface area contributed by atoms with E-state index in [9.17, 15) is 14.4 Å². The molecule has 158 valence electrons. The minimum Gasteiger partial charge on any atom is -0.453 e. The lowest BCUT2D eigenvalue weighted by atomic mass is 10.1. The molecule has 3 rings (SSSR count). The summed E-state index contributed by atoms with van der Waals surface area (Å²) in [5.41, 5.74) is 4.30. The van der Waals surface area contributed by atoms with E-state index in [-0.39, 0.29) is 23.9 Å². The maximum absolute atomic E-state index is 12.7. The van der Waals surface area contributed by atoms with Gasteiger partial charge >= 0.3 is 5.97 Å². The number of hydrogen-bond acceptors (Lipinski definition) is 5. The van der Waals surface area contributed by atoms with Crippen molar-refractivity contribution in [3.63, 3.8) is 0 Å². The van der Waals surface area contributed by atoms with Crippen LogP contribution in [0, 0.1) is 27.7 Å². The van der Waals surface area contributed by atoms with Crippen molar-refractivity contribution < 1.29 is 19.1 Å². The van der Waals surface area contributed by atoms with Crippen molar-refractivity contribution in [2.45, 2.75) is 47.6 Å². The number of esters is 1. The van der Waals surface area contributed by atoms with Gasteiger partial charge in [0.1, 0.15) is 5.69 Å². The van der Waals surface area contributed by atoms with Crippen molar-refractivity contribution in [3.8, 4) is 0 Å². The van der Waals surface area contributed by atoms with Gasteiger partial charge < -0.3 is 14.3 Å². The van der Waals surface area contributed by atoms with Gasteiger partial charge in [-0.05, 0) is 64.1 Å². The van der Waals surface area contributed by atoms with E-state index >= 15 is 0 Å². The van der Waals surface area contributed by atoms with Crippen molar-refractivity contribution in [3.05, 3.63) is 67.9 Å². The highest BCUT2D eigenvalue weighted by molar-refractivity contribution is 7.09. The fraction of sp³-hybridized carbons (Fsp3) is 0.348. The number of rotatable bonds is 8. The summed E-state index contributed by atoms with van der Waals surface area (Å²) >= 11 is 1.72. The van der Waals surface area contributed by atoms with Gasteiger partial charge in [0.05, 0.1) is 0 Å². The zero-order chi connectivity index (χ0) is 22.0. The summed E-state index contributed by atoms with van der Waals surface area (Å²) in [7, 11) is 0. The number of hydrogen-bond donors (Lipinski definition) is 1. The van der Waals surface area contributed by atoms with Gasteiger partial charge in [0.2, 0.25) is 5.78 Å². The number of ether oxygens (including phenoxy) is 1. The number of aromatic nitrogens is 2. The average Bonchev–Trinajstić information content (AvgIpc) is 3.37. The maximum Gasteiger partial charge on any atom is 0.355 e. The predicted molar refractivity (Wildman–Crippen MR) is 117 cm³/mol. The standard InChI is InChI=1S/C23H26N2O4S/c1-13-11-19(16(4)25(13)9-8-18-7-6-10-30-18)20(27)12-29-23(28)22-14(2)21(17(5)26)15(3)24-22/h6-7,10-11,24H,8-9,12H2,1-5H3. The molecule has 0 atom stereocenters. The Balaban J connectivity index is 1.68. The Morgan fingerprint density at radius 1 is 1.17 bits per heavy atom. The summed E-state index contributed by atoms with van der Waals surface area (Å²) in [5.74, 6) is -0.999. The zero-order valence-corrected chi connectivity index (χ0v) is 18.7. The summed E-state index contributed by atoms with van der Waals surface area (Å²) in [4.78, 5) is 41.1. The minimum absolute atomic E-state index is 0.119. The van der Waals surface area contributed by atoms with Crippen LogP contribution in [0.5, 0.6) is 0 Å². The van der Waals surface area contributed by atoms with Gasteiger partial charge in [-0.15, -0.1) is 11.3 Å². The van der Waals surface area contributed by atoms with Crippen LogP contribution in [0.3, 0.4) is 0 Å². The molecular weight excluding hydrogens is 400 g/mol. The maximum atomic E-state index is 12.7. The lowest BCUT2D eigenvalue weighted by Crippen LogP contribution is -2.16. The Labute approximate surface area is 179 Å². The van der Waals surface area contributed by atoms with Crippen molar-refractivity contribution in [2.24, 2.45) is 0 Å². The fourth-order valence-corrected chi connectivity index (χ4v) is 4.57. The molecule has 0 saturated heterocycles.